The minimum Gasteiger partial charge on any atom is -0.467 e. The molecule has 2 atom stereocenters. The third kappa shape index (κ3) is 7.17. The third-order valence-electron chi connectivity index (χ3n) is 4.16. The van der Waals surface area contributed by atoms with Crippen molar-refractivity contribution in [2.45, 2.75) is 25.1 Å². The van der Waals surface area contributed by atoms with E-state index in [-0.39, 0.29) is 13.0 Å². The Kier molecular flexibility index (Phi) is 8.76. The topological polar surface area (TPSA) is 114 Å². The van der Waals surface area contributed by atoms with Gasteiger partial charge in [0.1, 0.15) is 24.5 Å². The summed E-state index contributed by atoms with van der Waals surface area (Å²) >= 11 is 0. The van der Waals surface area contributed by atoms with E-state index in [9.17, 15) is 23.9 Å². The van der Waals surface area contributed by atoms with E-state index in [2.05, 4.69) is 15.4 Å². The molecule has 0 aromatic heterocycles. The number of carbonyl (C=O) groups is 3. The summed E-state index contributed by atoms with van der Waals surface area (Å²) in [4.78, 5) is 36.4. The molecule has 0 aliphatic carbocycles. The molecule has 0 unspecified atom stereocenters. The van der Waals surface area contributed by atoms with E-state index < -0.39 is 42.5 Å². The van der Waals surface area contributed by atoms with Crippen molar-refractivity contribution in [2.24, 2.45) is 0 Å². The van der Waals surface area contributed by atoms with Crippen molar-refractivity contribution in [3.63, 3.8) is 0 Å². The first-order valence-corrected chi connectivity index (χ1v) is 9.13. The fourth-order valence-corrected chi connectivity index (χ4v) is 2.57. The SMILES string of the molecule is COC(=O)[C@@H](Cc1ccc(F)cc1)NC(=O)[C@H](CO)NC(=O)OCc1ccccc1. The van der Waals surface area contributed by atoms with Crippen LogP contribution in [0.2, 0.25) is 0 Å². The zero-order chi connectivity index (χ0) is 21.9. The standard InChI is InChI=1S/C21H23FN2O6/c1-29-20(27)17(11-14-7-9-16(22)10-8-14)23-19(26)18(12-25)24-21(28)30-13-15-5-3-2-4-6-15/h2-10,17-18,25H,11-13H2,1H3,(H,23,26)(H,24,28)/t17-,18+/m1/s1. The second kappa shape index (κ2) is 11.5. The molecule has 2 aromatic carbocycles. The minimum absolute atomic E-state index is 0.0121. The van der Waals surface area contributed by atoms with Gasteiger partial charge in [0.2, 0.25) is 5.91 Å². The van der Waals surface area contributed by atoms with E-state index in [1.165, 1.54) is 24.3 Å². The largest absolute Gasteiger partial charge is 0.467 e. The number of benzene rings is 2. The summed E-state index contributed by atoms with van der Waals surface area (Å²) in [7, 11) is 1.16. The van der Waals surface area contributed by atoms with Crippen LogP contribution in [0.25, 0.3) is 0 Å². The molecule has 0 aliphatic heterocycles. The first-order valence-electron chi connectivity index (χ1n) is 9.13. The summed E-state index contributed by atoms with van der Waals surface area (Å²) in [5.74, 6) is -1.96. The molecule has 30 heavy (non-hydrogen) atoms. The van der Waals surface area contributed by atoms with Crippen LogP contribution in [0.1, 0.15) is 11.1 Å². The summed E-state index contributed by atoms with van der Waals surface area (Å²) in [6.07, 6.45) is -0.865. The van der Waals surface area contributed by atoms with Gasteiger partial charge in [-0.3, -0.25) is 4.79 Å². The van der Waals surface area contributed by atoms with Crippen molar-refractivity contribution in [3.8, 4) is 0 Å². The number of carbonyl (C=O) groups excluding carboxylic acids is 3. The van der Waals surface area contributed by atoms with E-state index in [1.807, 2.05) is 6.07 Å². The van der Waals surface area contributed by atoms with Gasteiger partial charge in [-0.05, 0) is 23.3 Å². The van der Waals surface area contributed by atoms with Gasteiger partial charge in [-0.15, -0.1) is 0 Å². The Morgan fingerprint density at radius 2 is 1.63 bits per heavy atom. The summed E-state index contributed by atoms with van der Waals surface area (Å²) < 4.78 is 22.8. The van der Waals surface area contributed by atoms with Gasteiger partial charge in [0, 0.05) is 6.42 Å². The molecule has 9 heteroatoms. The Hall–Kier alpha value is -3.46. The van der Waals surface area contributed by atoms with Gasteiger partial charge in [0.25, 0.3) is 0 Å². The monoisotopic (exact) mass is 418 g/mol. The van der Waals surface area contributed by atoms with Crippen LogP contribution in [0, 0.1) is 5.82 Å². The number of aliphatic hydroxyl groups is 1. The second-order valence-electron chi connectivity index (χ2n) is 6.36. The van der Waals surface area contributed by atoms with Gasteiger partial charge in [-0.2, -0.15) is 0 Å². The number of esters is 1. The van der Waals surface area contributed by atoms with Gasteiger partial charge in [-0.1, -0.05) is 42.5 Å². The van der Waals surface area contributed by atoms with E-state index in [1.54, 1.807) is 24.3 Å². The molecule has 0 bridgehead atoms. The lowest BCUT2D eigenvalue weighted by Crippen LogP contribution is -2.54. The molecule has 0 spiro atoms. The molecule has 160 valence electrons. The first kappa shape index (κ1) is 22.8. The van der Waals surface area contributed by atoms with Crippen LogP contribution >= 0.6 is 0 Å². The number of halogens is 1. The van der Waals surface area contributed by atoms with Crippen molar-refractivity contribution in [3.05, 3.63) is 71.5 Å². The highest BCUT2D eigenvalue weighted by Gasteiger charge is 2.27. The molecule has 8 nitrogen and oxygen atoms in total. The molecule has 2 amide bonds. The molecule has 2 rings (SSSR count). The summed E-state index contributed by atoms with van der Waals surface area (Å²) in [6.45, 7) is -0.724. The highest BCUT2D eigenvalue weighted by atomic mass is 19.1. The lowest BCUT2D eigenvalue weighted by molar-refractivity contribution is -0.145. The van der Waals surface area contributed by atoms with Gasteiger partial charge in [-0.25, -0.2) is 14.0 Å². The third-order valence-corrected chi connectivity index (χ3v) is 4.16. The predicted molar refractivity (Wildman–Crippen MR) is 105 cm³/mol. The number of hydrogen-bond acceptors (Lipinski definition) is 6. The zero-order valence-electron chi connectivity index (χ0n) is 16.3. The average Bonchev–Trinajstić information content (AvgIpc) is 2.77. The summed E-state index contributed by atoms with van der Waals surface area (Å²) in [5, 5.41) is 14.1. The predicted octanol–water partition coefficient (Wildman–Crippen LogP) is 1.31. The number of methoxy groups -OCH3 is 1. The Labute approximate surface area is 173 Å². The zero-order valence-corrected chi connectivity index (χ0v) is 16.3. The Bertz CT molecular complexity index is 844. The molecule has 0 saturated carbocycles. The summed E-state index contributed by atoms with van der Waals surface area (Å²) in [5.41, 5.74) is 1.34. The smallest absolute Gasteiger partial charge is 0.408 e. The van der Waals surface area contributed by atoms with Crippen LogP contribution in [-0.4, -0.2) is 48.9 Å². The van der Waals surface area contributed by atoms with Crippen LogP contribution in [-0.2, 0) is 32.1 Å². The molecular formula is C21H23FN2O6. The fraction of sp³-hybridized carbons (Fsp3) is 0.286. The minimum atomic E-state index is -1.34. The highest BCUT2D eigenvalue weighted by molar-refractivity contribution is 5.89. The molecule has 0 heterocycles. The molecular weight excluding hydrogens is 395 g/mol. The Morgan fingerprint density at radius 1 is 0.967 bits per heavy atom. The number of aliphatic hydroxyl groups excluding tert-OH is 1. The molecule has 2 aromatic rings. The summed E-state index contributed by atoms with van der Waals surface area (Å²) in [6, 6.07) is 11.9. The maximum Gasteiger partial charge on any atom is 0.408 e. The molecule has 3 N–H and O–H groups in total. The molecule has 0 aliphatic rings. The maximum atomic E-state index is 13.1. The molecule has 0 fully saturated rings. The lowest BCUT2D eigenvalue weighted by Gasteiger charge is -2.21. The second-order valence-corrected chi connectivity index (χ2v) is 6.36. The number of rotatable bonds is 9. The van der Waals surface area contributed by atoms with Crippen LogP contribution in [0.4, 0.5) is 9.18 Å². The van der Waals surface area contributed by atoms with E-state index >= 15 is 0 Å². The average molecular weight is 418 g/mol. The van der Waals surface area contributed by atoms with E-state index in [0.717, 1.165) is 12.7 Å². The van der Waals surface area contributed by atoms with Crippen LogP contribution in [0.15, 0.2) is 54.6 Å². The number of alkyl carbamates (subject to hydrolysis) is 1. The van der Waals surface area contributed by atoms with Crippen molar-refractivity contribution in [1.82, 2.24) is 10.6 Å². The Balaban J connectivity index is 1.94. The van der Waals surface area contributed by atoms with E-state index in [4.69, 9.17) is 4.74 Å². The maximum absolute atomic E-state index is 13.1. The first-order chi connectivity index (χ1) is 14.4. The number of hydrogen-bond donors (Lipinski definition) is 3. The number of amides is 2. The van der Waals surface area contributed by atoms with Crippen LogP contribution < -0.4 is 10.6 Å². The van der Waals surface area contributed by atoms with Gasteiger partial charge >= 0.3 is 12.1 Å². The highest BCUT2D eigenvalue weighted by Crippen LogP contribution is 2.07. The number of nitrogens with one attached hydrogen (secondary N) is 2. The van der Waals surface area contributed by atoms with Crippen LogP contribution in [0.3, 0.4) is 0 Å². The fourth-order valence-electron chi connectivity index (χ4n) is 2.57. The van der Waals surface area contributed by atoms with Crippen molar-refractivity contribution in [2.75, 3.05) is 13.7 Å². The number of ether oxygens (including phenoxy) is 2. The lowest BCUT2D eigenvalue weighted by atomic mass is 10.1. The normalized spacial score (nSPS) is 12.4. The molecule has 0 saturated heterocycles. The van der Waals surface area contributed by atoms with Crippen molar-refractivity contribution < 1.29 is 33.4 Å². The molecule has 0 radical (unpaired) electrons. The van der Waals surface area contributed by atoms with Gasteiger partial charge < -0.3 is 25.2 Å². The van der Waals surface area contributed by atoms with E-state index in [0.29, 0.717) is 5.56 Å². The van der Waals surface area contributed by atoms with Gasteiger partial charge in [0.15, 0.2) is 0 Å². The quantitative estimate of drug-likeness (QED) is 0.529. The van der Waals surface area contributed by atoms with Gasteiger partial charge in [0.05, 0.1) is 13.7 Å². The van der Waals surface area contributed by atoms with Crippen LogP contribution in [0.5, 0.6) is 0 Å². The Morgan fingerprint density at radius 3 is 2.23 bits per heavy atom. The van der Waals surface area contributed by atoms with Crippen molar-refractivity contribution >= 4 is 18.0 Å². The van der Waals surface area contributed by atoms with Crippen molar-refractivity contribution in [1.29, 1.82) is 0 Å².